The monoisotopic (exact) mass is 499 g/mol. The van der Waals surface area contributed by atoms with Crippen molar-refractivity contribution in [2.24, 2.45) is 0 Å². The number of rotatable bonds is 7. The highest BCUT2D eigenvalue weighted by molar-refractivity contribution is 7.21. The number of ether oxygens (including phenoxy) is 1. The summed E-state index contributed by atoms with van der Waals surface area (Å²) >= 11 is 8.84. The number of fused-ring (bicyclic) bond motifs is 1. The van der Waals surface area contributed by atoms with Crippen molar-refractivity contribution in [3.8, 4) is 0 Å². The minimum Gasteiger partial charge on any atom is -0.458 e. The first-order valence-corrected chi connectivity index (χ1v) is 11.9. The summed E-state index contributed by atoms with van der Waals surface area (Å²) in [7, 11) is 0. The smallest absolute Gasteiger partial charge is 0.325 e. The molecule has 2 aromatic heterocycles. The fraction of sp³-hybridized carbons (Fsp3) is 0.130. The zero-order valence-electron chi connectivity index (χ0n) is 17.4. The number of anilines is 2. The molecule has 4 rings (SSSR count). The van der Waals surface area contributed by atoms with Gasteiger partial charge in [-0.3, -0.25) is 19.3 Å². The first-order chi connectivity index (χ1) is 15.9. The normalized spacial score (nSPS) is 10.7. The number of aromatic nitrogens is 1. The van der Waals surface area contributed by atoms with Crippen molar-refractivity contribution < 1.29 is 19.1 Å². The molecule has 0 aliphatic carbocycles. The Morgan fingerprint density at radius 3 is 2.55 bits per heavy atom. The van der Waals surface area contributed by atoms with Gasteiger partial charge in [0.25, 0.3) is 5.91 Å². The summed E-state index contributed by atoms with van der Waals surface area (Å²) in [5, 5.41) is 5.90. The number of hydrogen-bond donors (Lipinski definition) is 1. The molecule has 2 heterocycles. The van der Waals surface area contributed by atoms with E-state index in [1.807, 2.05) is 54.6 Å². The second-order valence-electron chi connectivity index (χ2n) is 6.90. The van der Waals surface area contributed by atoms with E-state index >= 15 is 0 Å². The number of thiazole rings is 1. The molecule has 0 aliphatic heterocycles. The topological polar surface area (TPSA) is 88.6 Å². The van der Waals surface area contributed by atoms with Gasteiger partial charge in [0.15, 0.2) is 5.13 Å². The van der Waals surface area contributed by atoms with Crippen LogP contribution in [0, 0.1) is 0 Å². The Morgan fingerprint density at radius 2 is 1.82 bits per heavy atom. The molecule has 0 saturated heterocycles. The zero-order chi connectivity index (χ0) is 23.4. The van der Waals surface area contributed by atoms with Crippen LogP contribution in [0.15, 0.2) is 60.0 Å². The number of benzene rings is 2. The minimum absolute atomic E-state index is 0.0740. The molecule has 0 atom stereocenters. The van der Waals surface area contributed by atoms with E-state index in [4.69, 9.17) is 16.3 Å². The van der Waals surface area contributed by atoms with Gasteiger partial charge in [0.05, 0.1) is 16.4 Å². The van der Waals surface area contributed by atoms with E-state index in [-0.39, 0.29) is 19.1 Å². The maximum atomic E-state index is 12.4. The Labute approximate surface area is 202 Å². The van der Waals surface area contributed by atoms with E-state index < -0.39 is 11.9 Å². The van der Waals surface area contributed by atoms with E-state index in [0.717, 1.165) is 10.1 Å². The Kier molecular flexibility index (Phi) is 7.02. The fourth-order valence-corrected chi connectivity index (χ4v) is 5.37. The molecule has 2 aromatic carbocycles. The van der Waals surface area contributed by atoms with Crippen molar-refractivity contribution in [1.29, 1.82) is 0 Å². The maximum absolute atomic E-state index is 12.4. The molecule has 168 valence electrons. The lowest BCUT2D eigenvalue weighted by atomic mass is 10.2. The summed E-state index contributed by atoms with van der Waals surface area (Å²) in [4.78, 5) is 42.9. The van der Waals surface area contributed by atoms with E-state index in [1.165, 1.54) is 34.5 Å². The number of carbonyl (C=O) groups excluding carboxylic acids is 3. The predicted molar refractivity (Wildman–Crippen MR) is 130 cm³/mol. The Balaban J connectivity index is 1.33. The molecular weight excluding hydrogens is 482 g/mol. The predicted octanol–water partition coefficient (Wildman–Crippen LogP) is 5.17. The molecule has 0 bridgehead atoms. The molecule has 0 spiro atoms. The van der Waals surface area contributed by atoms with Crippen molar-refractivity contribution in [2.75, 3.05) is 11.4 Å². The van der Waals surface area contributed by atoms with Crippen LogP contribution >= 0.6 is 34.3 Å². The van der Waals surface area contributed by atoms with Crippen molar-refractivity contribution in [1.82, 2.24) is 10.3 Å². The molecule has 0 unspecified atom stereocenters. The molecular formula is C23H18ClN3O4S2. The van der Waals surface area contributed by atoms with Crippen LogP contribution in [0.25, 0.3) is 10.1 Å². The van der Waals surface area contributed by atoms with Crippen LogP contribution in [-0.2, 0) is 20.9 Å². The highest BCUT2D eigenvalue weighted by Crippen LogP contribution is 2.35. The van der Waals surface area contributed by atoms with Gasteiger partial charge in [0.1, 0.15) is 18.0 Å². The van der Waals surface area contributed by atoms with E-state index in [1.54, 1.807) is 5.38 Å². The van der Waals surface area contributed by atoms with Crippen LogP contribution in [0.1, 0.15) is 22.3 Å². The molecule has 2 amide bonds. The second-order valence-corrected chi connectivity index (χ2v) is 9.16. The van der Waals surface area contributed by atoms with E-state index in [0.29, 0.717) is 26.4 Å². The lowest BCUT2D eigenvalue weighted by Gasteiger charge is -2.17. The van der Waals surface area contributed by atoms with Crippen LogP contribution in [0.5, 0.6) is 0 Å². The number of halogens is 1. The van der Waals surface area contributed by atoms with Gasteiger partial charge in [-0.25, -0.2) is 4.98 Å². The maximum Gasteiger partial charge on any atom is 0.325 e. The summed E-state index contributed by atoms with van der Waals surface area (Å²) in [6.07, 6.45) is 0. The molecule has 0 fully saturated rings. The van der Waals surface area contributed by atoms with Crippen LogP contribution in [-0.4, -0.2) is 29.3 Å². The summed E-state index contributed by atoms with van der Waals surface area (Å²) in [5.41, 5.74) is 1.20. The summed E-state index contributed by atoms with van der Waals surface area (Å²) in [6.45, 7) is 1.08. The molecule has 7 nitrogen and oxygen atoms in total. The lowest BCUT2D eigenvalue weighted by Crippen LogP contribution is -2.30. The van der Waals surface area contributed by atoms with Crippen molar-refractivity contribution in [2.45, 2.75) is 13.5 Å². The van der Waals surface area contributed by atoms with Gasteiger partial charge in [-0.15, -0.1) is 22.7 Å². The molecule has 0 aliphatic rings. The molecule has 1 N–H and O–H groups in total. The van der Waals surface area contributed by atoms with Crippen molar-refractivity contribution in [3.63, 3.8) is 0 Å². The fourth-order valence-electron chi connectivity index (χ4n) is 3.07. The summed E-state index contributed by atoms with van der Waals surface area (Å²) in [5.74, 6) is -1.22. The summed E-state index contributed by atoms with van der Waals surface area (Å²) in [6, 6.07) is 16.6. The quantitative estimate of drug-likeness (QED) is 0.354. The number of nitrogens with one attached hydrogen (secondary N) is 1. The third kappa shape index (κ3) is 5.22. The number of carbonyl (C=O) groups is 3. The second kappa shape index (κ2) is 10.1. The largest absolute Gasteiger partial charge is 0.458 e. The van der Waals surface area contributed by atoms with E-state index in [2.05, 4.69) is 10.3 Å². The first kappa shape index (κ1) is 22.9. The minimum atomic E-state index is -0.610. The third-order valence-electron chi connectivity index (χ3n) is 4.58. The zero-order valence-corrected chi connectivity index (χ0v) is 19.8. The standard InChI is InChI=1S/C23H18ClN3O4S2/c1-14(28)27(16-7-3-2-4-8-16)23-26-15(13-32-23)12-31-19(29)11-25-22(30)21-20(24)17-9-5-6-10-18(17)33-21/h2-10,13H,11-12H2,1H3,(H,25,30). The van der Waals surface area contributed by atoms with Gasteiger partial charge in [0.2, 0.25) is 5.91 Å². The van der Waals surface area contributed by atoms with Gasteiger partial charge >= 0.3 is 5.97 Å². The van der Waals surface area contributed by atoms with Gasteiger partial charge < -0.3 is 10.1 Å². The lowest BCUT2D eigenvalue weighted by molar-refractivity contribution is -0.143. The molecule has 10 heteroatoms. The third-order valence-corrected chi connectivity index (χ3v) is 7.12. The average Bonchev–Trinajstić information content (AvgIpc) is 3.41. The number of para-hydroxylation sites is 1. The van der Waals surface area contributed by atoms with Crippen LogP contribution < -0.4 is 10.2 Å². The van der Waals surface area contributed by atoms with Crippen LogP contribution in [0.3, 0.4) is 0 Å². The van der Waals surface area contributed by atoms with Crippen molar-refractivity contribution >= 4 is 73.0 Å². The van der Waals surface area contributed by atoms with Gasteiger partial charge in [0, 0.05) is 22.4 Å². The number of esters is 1. The number of hydrogen-bond acceptors (Lipinski definition) is 7. The highest BCUT2D eigenvalue weighted by atomic mass is 35.5. The van der Waals surface area contributed by atoms with Crippen LogP contribution in [0.2, 0.25) is 5.02 Å². The molecule has 0 saturated carbocycles. The Hall–Kier alpha value is -3.27. The highest BCUT2D eigenvalue weighted by Gasteiger charge is 2.19. The van der Waals surface area contributed by atoms with Gasteiger partial charge in [-0.2, -0.15) is 0 Å². The van der Waals surface area contributed by atoms with Crippen LogP contribution in [0.4, 0.5) is 10.8 Å². The number of amides is 2. The molecule has 4 aromatic rings. The van der Waals surface area contributed by atoms with Gasteiger partial charge in [-0.1, -0.05) is 48.0 Å². The molecule has 33 heavy (non-hydrogen) atoms. The van der Waals surface area contributed by atoms with Crippen molar-refractivity contribution in [3.05, 3.63) is 75.6 Å². The van der Waals surface area contributed by atoms with Gasteiger partial charge in [-0.05, 0) is 18.2 Å². The number of thiophene rings is 1. The SMILES string of the molecule is CC(=O)N(c1ccccc1)c1nc(COC(=O)CNC(=O)c2sc3ccccc3c2Cl)cs1. The van der Waals surface area contributed by atoms with E-state index in [9.17, 15) is 14.4 Å². The number of nitrogens with zero attached hydrogens (tertiary/aromatic N) is 2. The first-order valence-electron chi connectivity index (χ1n) is 9.85. The molecule has 0 radical (unpaired) electrons. The Bertz CT molecular complexity index is 1320. The average molecular weight is 500 g/mol. The Morgan fingerprint density at radius 1 is 1.09 bits per heavy atom. The summed E-state index contributed by atoms with van der Waals surface area (Å²) < 4.78 is 6.11.